The van der Waals surface area contributed by atoms with E-state index < -0.39 is 11.6 Å². The Bertz CT molecular complexity index is 1760. The van der Waals surface area contributed by atoms with Crippen LogP contribution < -0.4 is 18.9 Å². The summed E-state index contributed by atoms with van der Waals surface area (Å²) >= 11 is 0. The van der Waals surface area contributed by atoms with Crippen molar-refractivity contribution < 1.29 is 47.5 Å². The molecule has 2 aliphatic rings. The summed E-state index contributed by atoms with van der Waals surface area (Å²) in [4.78, 5) is 25.7. The second-order valence-electron chi connectivity index (χ2n) is 13.0. The molecule has 10 heteroatoms. The molecule has 2 aliphatic heterocycles. The molecule has 10 nitrogen and oxygen atoms in total. The van der Waals surface area contributed by atoms with Gasteiger partial charge in [0.15, 0.2) is 23.0 Å². The maximum atomic E-state index is 12.8. The molecule has 2 heterocycles. The van der Waals surface area contributed by atoms with Crippen LogP contribution in [0.1, 0.15) is 49.9 Å². The smallest absolute Gasteiger partial charge is 0.262 e. The van der Waals surface area contributed by atoms with Crippen molar-refractivity contribution in [2.24, 2.45) is 0 Å². The van der Waals surface area contributed by atoms with Gasteiger partial charge in [-0.15, -0.1) is 0 Å². The SMILES string of the molecule is COc1ccc(/C=C2\OC(C)(C)O/C(=C\c3ccc(OC)cc3)C2=O)cc1.COc1ccc(/C=C2\OC(C)(C)O/C(=C\c3ccc(OC)cc3)C2=O)cc1. The monoisotopic (exact) mass is 732 g/mol. The molecule has 0 N–H and O–H groups in total. The predicted molar refractivity (Wildman–Crippen MR) is 206 cm³/mol. The number of ketones is 2. The number of hydrogen-bond donors (Lipinski definition) is 0. The van der Waals surface area contributed by atoms with Crippen molar-refractivity contribution >= 4 is 35.9 Å². The van der Waals surface area contributed by atoms with Gasteiger partial charge < -0.3 is 37.9 Å². The molecule has 54 heavy (non-hydrogen) atoms. The van der Waals surface area contributed by atoms with Crippen molar-refractivity contribution in [1.29, 1.82) is 0 Å². The second-order valence-corrected chi connectivity index (χ2v) is 13.0. The fourth-order valence-electron chi connectivity index (χ4n) is 5.32. The van der Waals surface area contributed by atoms with Gasteiger partial charge in [0.25, 0.3) is 11.6 Å². The van der Waals surface area contributed by atoms with E-state index in [0.717, 1.165) is 45.3 Å². The minimum absolute atomic E-state index is 0.233. The molecule has 0 saturated carbocycles. The Hall–Kier alpha value is -6.42. The van der Waals surface area contributed by atoms with Gasteiger partial charge in [-0.25, -0.2) is 0 Å². The zero-order valence-electron chi connectivity index (χ0n) is 31.6. The van der Waals surface area contributed by atoms with E-state index in [0.29, 0.717) is 0 Å². The minimum atomic E-state index is -0.954. The lowest BCUT2D eigenvalue weighted by Crippen LogP contribution is -2.36. The molecule has 4 aromatic rings. The summed E-state index contributed by atoms with van der Waals surface area (Å²) in [5.74, 6) is 1.40. The average molecular weight is 733 g/mol. The van der Waals surface area contributed by atoms with E-state index in [-0.39, 0.29) is 34.6 Å². The predicted octanol–water partition coefficient (Wildman–Crippen LogP) is 8.88. The molecule has 0 atom stereocenters. The Kier molecular flexibility index (Phi) is 12.2. The fraction of sp³-hybridized carbons (Fsp3) is 0.227. The normalized spacial score (nSPS) is 18.7. The van der Waals surface area contributed by atoms with Crippen LogP contribution in [0.25, 0.3) is 24.3 Å². The zero-order chi connectivity index (χ0) is 38.9. The van der Waals surface area contributed by atoms with Crippen LogP contribution in [0.3, 0.4) is 0 Å². The fourth-order valence-corrected chi connectivity index (χ4v) is 5.32. The number of carbonyl (C=O) groups is 2. The second kappa shape index (κ2) is 16.9. The molecule has 2 fully saturated rings. The highest BCUT2D eigenvalue weighted by atomic mass is 16.7. The first kappa shape index (κ1) is 38.8. The zero-order valence-corrected chi connectivity index (χ0v) is 31.6. The third-order valence-corrected chi connectivity index (χ3v) is 7.97. The molecule has 0 bridgehead atoms. The van der Waals surface area contributed by atoms with Gasteiger partial charge in [0.1, 0.15) is 23.0 Å². The van der Waals surface area contributed by atoms with Gasteiger partial charge in [0.05, 0.1) is 28.4 Å². The van der Waals surface area contributed by atoms with Crippen molar-refractivity contribution in [2.75, 3.05) is 28.4 Å². The summed E-state index contributed by atoms with van der Waals surface area (Å²) in [6.45, 7) is 7.07. The van der Waals surface area contributed by atoms with E-state index in [1.54, 1.807) is 80.4 Å². The van der Waals surface area contributed by atoms with Crippen LogP contribution >= 0.6 is 0 Å². The lowest BCUT2D eigenvalue weighted by Gasteiger charge is -2.33. The number of benzene rings is 4. The van der Waals surface area contributed by atoms with Gasteiger partial charge in [0, 0.05) is 27.7 Å². The van der Waals surface area contributed by atoms with Gasteiger partial charge in [0.2, 0.25) is 11.6 Å². The van der Waals surface area contributed by atoms with Crippen LogP contribution in [0.15, 0.2) is 120 Å². The topological polar surface area (TPSA) is 108 Å². The van der Waals surface area contributed by atoms with Crippen molar-refractivity contribution in [2.45, 2.75) is 39.3 Å². The number of Topliss-reactive ketones (excluding diaryl/α,β-unsaturated/α-hetero) is 2. The van der Waals surface area contributed by atoms with Crippen LogP contribution in [-0.2, 0) is 28.5 Å². The van der Waals surface area contributed by atoms with Crippen molar-refractivity contribution in [3.63, 3.8) is 0 Å². The van der Waals surface area contributed by atoms with Crippen LogP contribution in [-0.4, -0.2) is 51.6 Å². The van der Waals surface area contributed by atoms with Gasteiger partial charge in [-0.1, -0.05) is 48.5 Å². The number of methoxy groups -OCH3 is 4. The first-order valence-electron chi connectivity index (χ1n) is 17.1. The van der Waals surface area contributed by atoms with E-state index in [2.05, 4.69) is 0 Å². The van der Waals surface area contributed by atoms with Crippen molar-refractivity contribution in [3.05, 3.63) is 142 Å². The number of ether oxygens (including phenoxy) is 8. The highest BCUT2D eigenvalue weighted by Gasteiger charge is 2.37. The molecule has 0 unspecified atom stereocenters. The molecule has 0 radical (unpaired) electrons. The van der Waals surface area contributed by atoms with E-state index in [9.17, 15) is 9.59 Å². The average Bonchev–Trinajstić information content (AvgIpc) is 3.16. The third-order valence-electron chi connectivity index (χ3n) is 7.97. The standard InChI is InChI=1S/2C22H22O5/c2*1-22(2)26-19(13-15-5-9-17(24-3)10-6-15)21(23)20(27-22)14-16-7-11-18(25-4)12-8-16/h2*5-14H,1-4H3/b2*19-13-,20-14-. The molecule has 2 saturated heterocycles. The van der Waals surface area contributed by atoms with Gasteiger partial charge in [-0.2, -0.15) is 0 Å². The molecular formula is C44H44O10. The summed E-state index contributed by atoms with van der Waals surface area (Å²) in [5.41, 5.74) is 3.34. The summed E-state index contributed by atoms with van der Waals surface area (Å²) < 4.78 is 43.6. The van der Waals surface area contributed by atoms with Crippen LogP contribution in [0.2, 0.25) is 0 Å². The van der Waals surface area contributed by atoms with E-state index in [4.69, 9.17) is 37.9 Å². The Morgan fingerprint density at radius 1 is 0.370 bits per heavy atom. The number of hydrogen-bond acceptors (Lipinski definition) is 10. The Morgan fingerprint density at radius 2 is 0.556 bits per heavy atom. The first-order chi connectivity index (χ1) is 25.8. The lowest BCUT2D eigenvalue weighted by atomic mass is 10.1. The van der Waals surface area contributed by atoms with Crippen LogP contribution in [0.4, 0.5) is 0 Å². The molecule has 4 aromatic carbocycles. The molecule has 0 aromatic heterocycles. The maximum Gasteiger partial charge on any atom is 0.262 e. The Morgan fingerprint density at radius 3 is 0.722 bits per heavy atom. The number of carbonyl (C=O) groups excluding carboxylic acids is 2. The summed E-state index contributed by atoms with van der Waals surface area (Å²) in [5, 5.41) is 0. The Labute approximate surface area is 315 Å². The highest BCUT2D eigenvalue weighted by molar-refractivity contribution is 6.11. The van der Waals surface area contributed by atoms with Gasteiger partial charge >= 0.3 is 0 Å². The summed E-state index contributed by atoms with van der Waals surface area (Å²) in [7, 11) is 6.43. The molecule has 0 spiro atoms. The first-order valence-corrected chi connectivity index (χ1v) is 17.1. The van der Waals surface area contributed by atoms with Gasteiger partial charge in [-0.05, 0) is 95.1 Å². The molecule has 280 valence electrons. The largest absolute Gasteiger partial charge is 0.497 e. The minimum Gasteiger partial charge on any atom is -0.497 e. The van der Waals surface area contributed by atoms with Crippen LogP contribution in [0, 0.1) is 0 Å². The molecule has 0 amide bonds. The van der Waals surface area contributed by atoms with E-state index >= 15 is 0 Å². The third kappa shape index (κ3) is 10.3. The number of rotatable bonds is 8. The Balaban J connectivity index is 0.000000208. The highest BCUT2D eigenvalue weighted by Crippen LogP contribution is 2.33. The quantitative estimate of drug-likeness (QED) is 0.163. The molecular weight excluding hydrogens is 688 g/mol. The van der Waals surface area contributed by atoms with Crippen molar-refractivity contribution in [1.82, 2.24) is 0 Å². The molecule has 0 aliphatic carbocycles. The maximum absolute atomic E-state index is 12.8. The van der Waals surface area contributed by atoms with Crippen LogP contribution in [0.5, 0.6) is 23.0 Å². The summed E-state index contributed by atoms with van der Waals surface area (Å²) in [6, 6.07) is 29.5. The summed E-state index contributed by atoms with van der Waals surface area (Å²) in [6.07, 6.45) is 6.81. The van der Waals surface area contributed by atoms with E-state index in [1.807, 2.05) is 97.1 Å². The van der Waals surface area contributed by atoms with Crippen molar-refractivity contribution in [3.8, 4) is 23.0 Å². The van der Waals surface area contributed by atoms with Gasteiger partial charge in [-0.3, -0.25) is 9.59 Å². The lowest BCUT2D eigenvalue weighted by molar-refractivity contribution is -0.189. The van der Waals surface area contributed by atoms with E-state index in [1.165, 1.54) is 0 Å². The molecule has 6 rings (SSSR count).